The van der Waals surface area contributed by atoms with Crippen LogP contribution in [0.25, 0.3) is 0 Å². The molecule has 0 saturated carbocycles. The van der Waals surface area contributed by atoms with Gasteiger partial charge in [-0.1, -0.05) is 0 Å². The van der Waals surface area contributed by atoms with Crippen LogP contribution in [-0.2, 0) is 62.9 Å². The molecule has 0 aromatic rings. The molecule has 0 atom stereocenters. The number of carboxylic acids is 6. The summed E-state index contributed by atoms with van der Waals surface area (Å²) in [4.78, 5) is 53.6. The molecule has 15 nitrogen and oxygen atoms in total. The van der Waals surface area contributed by atoms with Gasteiger partial charge in [-0.05, 0) is 0 Å². The molecule has 0 amide bonds. The number of carboxylic acid groups (broad SMARTS) is 6. The first kappa shape index (κ1) is 49.8. The van der Waals surface area contributed by atoms with Crippen LogP contribution in [0.1, 0.15) is 0 Å². The summed E-state index contributed by atoms with van der Waals surface area (Å²) in [6, 6.07) is 0. The maximum Gasteiger partial charge on any atom is 3.00 e. The third-order valence-corrected chi connectivity index (χ3v) is 0.500. The summed E-state index contributed by atoms with van der Waals surface area (Å²) in [5.74, 6) is -13.1. The Morgan fingerprint density at radius 1 is 0.348 bits per heavy atom. The van der Waals surface area contributed by atoms with E-state index in [0.29, 0.717) is 0 Å². The Bertz CT molecular complexity index is 283. The largest absolute Gasteiger partial charge is 3.00 e. The van der Waals surface area contributed by atoms with E-state index in [0.717, 1.165) is 0 Å². The number of carbonyl (C=O) groups excluding carboxylic acids is 6. The van der Waals surface area contributed by atoms with Crippen molar-refractivity contribution in [2.75, 3.05) is 0 Å². The van der Waals surface area contributed by atoms with E-state index in [4.69, 9.17) is 59.4 Å². The molecule has 0 aromatic heterocycles. The normalized spacial score (nSPS) is 5.74. The number of aliphatic carboxylic acids is 6. The molecular formula is C6H6Fe2O15. The van der Waals surface area contributed by atoms with Gasteiger partial charge >= 0.3 is 34.1 Å². The Labute approximate surface area is 146 Å². The van der Waals surface area contributed by atoms with Crippen LogP contribution in [0.5, 0.6) is 0 Å². The molecule has 0 bridgehead atoms. The van der Waals surface area contributed by atoms with Crippen molar-refractivity contribution in [2.24, 2.45) is 0 Å². The van der Waals surface area contributed by atoms with Crippen molar-refractivity contribution >= 4 is 35.8 Å². The van der Waals surface area contributed by atoms with Crippen molar-refractivity contribution in [2.45, 2.75) is 0 Å². The SMILES string of the molecule is O.O.O.O=C([O-])C(=O)[O-].O=C([O-])C(=O)[O-].O=C([O-])C(=O)[O-].[Fe+3].[Fe+3]. The molecule has 136 valence electrons. The summed E-state index contributed by atoms with van der Waals surface area (Å²) < 4.78 is 0. The van der Waals surface area contributed by atoms with Crippen LogP contribution in [0.4, 0.5) is 0 Å². The number of hydrogen-bond donors (Lipinski definition) is 0. The minimum Gasteiger partial charge on any atom is -0.543 e. The number of hydrogen-bond acceptors (Lipinski definition) is 12. The van der Waals surface area contributed by atoms with Crippen LogP contribution in [0.3, 0.4) is 0 Å². The summed E-state index contributed by atoms with van der Waals surface area (Å²) >= 11 is 0. The first-order valence-corrected chi connectivity index (χ1v) is 3.20. The van der Waals surface area contributed by atoms with Gasteiger partial charge in [0, 0.05) is 0 Å². The molecule has 23 heavy (non-hydrogen) atoms. The minimum atomic E-state index is -2.19. The average molecular weight is 430 g/mol. The molecule has 6 N–H and O–H groups in total. The Kier molecular flexibility index (Phi) is 60.6. The van der Waals surface area contributed by atoms with Gasteiger partial charge < -0.3 is 75.8 Å². The fourth-order valence-corrected chi connectivity index (χ4v) is 0. The van der Waals surface area contributed by atoms with Gasteiger partial charge in [0.1, 0.15) is 0 Å². The fourth-order valence-electron chi connectivity index (χ4n) is 0. The average Bonchev–Trinajstić information content (AvgIpc) is 2.18. The molecule has 0 unspecified atom stereocenters. The second-order valence-electron chi connectivity index (χ2n) is 1.72. The predicted molar refractivity (Wildman–Crippen MR) is 40.9 cm³/mol. The second kappa shape index (κ2) is 28.0. The maximum absolute atomic E-state index is 8.93. The molecule has 0 rings (SSSR count). The molecule has 0 fully saturated rings. The van der Waals surface area contributed by atoms with Crippen LogP contribution in [0.2, 0.25) is 0 Å². The monoisotopic (exact) mass is 430 g/mol. The Morgan fingerprint density at radius 3 is 0.391 bits per heavy atom. The van der Waals surface area contributed by atoms with E-state index in [2.05, 4.69) is 0 Å². The van der Waals surface area contributed by atoms with Crippen molar-refractivity contribution in [3.63, 3.8) is 0 Å². The Hall–Kier alpha value is -2.26. The zero-order valence-corrected chi connectivity index (χ0v) is 12.3. The summed E-state index contributed by atoms with van der Waals surface area (Å²) in [5, 5.41) is 53.6. The number of rotatable bonds is 0. The van der Waals surface area contributed by atoms with Gasteiger partial charge in [0.2, 0.25) is 0 Å². The molecule has 0 aliphatic rings. The van der Waals surface area contributed by atoms with Gasteiger partial charge in [-0.15, -0.1) is 0 Å². The molecule has 2 radical (unpaired) electrons. The van der Waals surface area contributed by atoms with Gasteiger partial charge in [0.05, 0.1) is 35.8 Å². The van der Waals surface area contributed by atoms with Gasteiger partial charge in [0.25, 0.3) is 0 Å². The Morgan fingerprint density at radius 2 is 0.391 bits per heavy atom. The van der Waals surface area contributed by atoms with Crippen molar-refractivity contribution in [3.8, 4) is 0 Å². The zero-order valence-electron chi connectivity index (χ0n) is 10.1. The van der Waals surface area contributed by atoms with Crippen molar-refractivity contribution < 1.29 is 110 Å². The minimum absolute atomic E-state index is 0. The summed E-state index contributed by atoms with van der Waals surface area (Å²) in [5.41, 5.74) is 0. The predicted octanol–water partition coefficient (Wildman–Crippen LogP) is -13.0. The molecule has 0 aromatic carbocycles. The molecule has 0 aliphatic heterocycles. The molecular weight excluding hydrogens is 424 g/mol. The summed E-state index contributed by atoms with van der Waals surface area (Å²) in [7, 11) is 0. The number of carbonyl (C=O) groups is 6. The van der Waals surface area contributed by atoms with Crippen molar-refractivity contribution in [3.05, 3.63) is 0 Å². The van der Waals surface area contributed by atoms with Gasteiger partial charge in [-0.3, -0.25) is 0 Å². The van der Waals surface area contributed by atoms with Crippen LogP contribution in [0.15, 0.2) is 0 Å². The van der Waals surface area contributed by atoms with E-state index >= 15 is 0 Å². The van der Waals surface area contributed by atoms with Crippen LogP contribution in [-0.4, -0.2) is 52.2 Å². The first-order chi connectivity index (χ1) is 7.93. The van der Waals surface area contributed by atoms with E-state index in [-0.39, 0.29) is 50.6 Å². The van der Waals surface area contributed by atoms with Gasteiger partial charge in [0.15, 0.2) is 0 Å². The first-order valence-electron chi connectivity index (χ1n) is 3.20. The van der Waals surface area contributed by atoms with E-state index in [1.807, 2.05) is 0 Å². The van der Waals surface area contributed by atoms with E-state index < -0.39 is 35.8 Å². The standard InChI is InChI=1S/3C2H2O4.2Fe.3H2O/c3*3-1(4)2(5)6;;;;;/h3*(H,3,4)(H,5,6);;;3*1H2/q;;;2*+3;;;/p-6. The van der Waals surface area contributed by atoms with Crippen LogP contribution < -0.4 is 30.6 Å². The second-order valence-corrected chi connectivity index (χ2v) is 1.72. The quantitative estimate of drug-likeness (QED) is 0.255. The van der Waals surface area contributed by atoms with Crippen molar-refractivity contribution in [1.82, 2.24) is 0 Å². The molecule has 0 saturated heterocycles. The van der Waals surface area contributed by atoms with Crippen LogP contribution in [0, 0.1) is 0 Å². The van der Waals surface area contributed by atoms with E-state index in [9.17, 15) is 0 Å². The smallest absolute Gasteiger partial charge is 0.543 e. The molecule has 0 spiro atoms. The topological polar surface area (TPSA) is 335 Å². The molecule has 17 heteroatoms. The third kappa shape index (κ3) is 65.5. The summed E-state index contributed by atoms with van der Waals surface area (Å²) in [6.07, 6.45) is 0. The third-order valence-electron chi connectivity index (χ3n) is 0.500. The van der Waals surface area contributed by atoms with Crippen molar-refractivity contribution in [1.29, 1.82) is 0 Å². The van der Waals surface area contributed by atoms with Crippen LogP contribution >= 0.6 is 0 Å². The molecule has 0 aliphatic carbocycles. The van der Waals surface area contributed by atoms with Gasteiger partial charge in [-0.25, -0.2) is 0 Å². The Balaban J connectivity index is -0.0000000221. The zero-order chi connectivity index (χ0) is 15.5. The van der Waals surface area contributed by atoms with Gasteiger partial charge in [-0.2, -0.15) is 0 Å². The van der Waals surface area contributed by atoms with E-state index in [1.165, 1.54) is 0 Å². The maximum atomic E-state index is 8.93. The fraction of sp³-hybridized carbons (Fsp3) is 0. The summed E-state index contributed by atoms with van der Waals surface area (Å²) in [6.45, 7) is 0. The van der Waals surface area contributed by atoms with E-state index in [1.54, 1.807) is 0 Å². The molecule has 0 heterocycles.